The number of ether oxygens (including phenoxy) is 1. The molecule has 2 aromatic rings. The highest BCUT2D eigenvalue weighted by molar-refractivity contribution is 7.90. The largest absolute Gasteiger partial charge is 0.379 e. The van der Waals surface area contributed by atoms with E-state index in [-0.39, 0.29) is 17.0 Å². The lowest BCUT2D eigenvalue weighted by Gasteiger charge is -2.32. The molecule has 1 saturated heterocycles. The van der Waals surface area contributed by atoms with Gasteiger partial charge in [0.1, 0.15) is 0 Å². The second-order valence-electron chi connectivity index (χ2n) is 9.78. The van der Waals surface area contributed by atoms with Crippen molar-refractivity contribution in [1.29, 1.82) is 0 Å². The van der Waals surface area contributed by atoms with Crippen molar-refractivity contribution in [2.75, 3.05) is 39.4 Å². The van der Waals surface area contributed by atoms with Crippen LogP contribution < -0.4 is 5.32 Å². The number of sulfone groups is 1. The lowest BCUT2D eigenvalue weighted by atomic mass is 10.1. The molecule has 0 unspecified atom stereocenters. The van der Waals surface area contributed by atoms with Gasteiger partial charge in [-0.05, 0) is 57.0 Å². The topological polar surface area (TPSA) is 79.7 Å². The van der Waals surface area contributed by atoms with Gasteiger partial charge in [-0.1, -0.05) is 24.3 Å². The maximum atomic E-state index is 13.4. The number of nitrogens with one attached hydrogen (secondary N) is 1. The molecule has 0 amide bonds. The van der Waals surface area contributed by atoms with Gasteiger partial charge in [0.15, 0.2) is 5.11 Å². The van der Waals surface area contributed by atoms with Crippen molar-refractivity contribution in [3.05, 3.63) is 47.3 Å². The smallest absolute Gasteiger partial charge is 0.228 e. The van der Waals surface area contributed by atoms with E-state index in [0.29, 0.717) is 12.6 Å². The number of aromatic nitrogens is 2. The molecule has 192 valence electrons. The minimum atomic E-state index is -3.62. The van der Waals surface area contributed by atoms with Gasteiger partial charge < -0.3 is 19.5 Å². The van der Waals surface area contributed by atoms with Gasteiger partial charge in [0, 0.05) is 38.3 Å². The first kappa shape index (κ1) is 26.1. The van der Waals surface area contributed by atoms with E-state index in [9.17, 15) is 8.42 Å². The molecule has 1 saturated carbocycles. The fourth-order valence-corrected chi connectivity index (χ4v) is 6.37. The lowest BCUT2D eigenvalue weighted by molar-refractivity contribution is 0.0356. The van der Waals surface area contributed by atoms with Crippen LogP contribution in [-0.2, 0) is 26.9 Å². The number of aryl methyl sites for hydroxylation is 1. The fourth-order valence-electron chi connectivity index (χ4n) is 4.35. The molecule has 2 aliphatic rings. The normalized spacial score (nSPS) is 17.0. The van der Waals surface area contributed by atoms with Crippen molar-refractivity contribution in [3.8, 4) is 0 Å². The molecule has 0 radical (unpaired) electrons. The zero-order chi connectivity index (χ0) is 25.0. The van der Waals surface area contributed by atoms with E-state index in [1.165, 1.54) is 0 Å². The van der Waals surface area contributed by atoms with Gasteiger partial charge in [-0.2, -0.15) is 0 Å². The second kappa shape index (κ2) is 11.4. The lowest BCUT2D eigenvalue weighted by Crippen LogP contribution is -2.46. The van der Waals surface area contributed by atoms with Crippen LogP contribution >= 0.6 is 12.2 Å². The molecule has 8 nitrogen and oxygen atoms in total. The highest BCUT2D eigenvalue weighted by Crippen LogP contribution is 2.24. The van der Waals surface area contributed by atoms with E-state index < -0.39 is 9.84 Å². The second-order valence-corrected chi connectivity index (χ2v) is 12.1. The summed E-state index contributed by atoms with van der Waals surface area (Å²) in [7, 11) is -3.62. The number of benzene rings is 1. The number of nitrogens with zero attached hydrogens (tertiary/aromatic N) is 4. The summed E-state index contributed by atoms with van der Waals surface area (Å²) in [5, 5.41) is 4.30. The van der Waals surface area contributed by atoms with Crippen LogP contribution in [0.2, 0.25) is 0 Å². The van der Waals surface area contributed by atoms with E-state index in [2.05, 4.69) is 20.1 Å². The van der Waals surface area contributed by atoms with Crippen molar-refractivity contribution in [3.63, 3.8) is 0 Å². The molecule has 2 heterocycles. The predicted molar refractivity (Wildman–Crippen MR) is 141 cm³/mol. The highest BCUT2D eigenvalue weighted by Gasteiger charge is 2.28. The Morgan fingerprint density at radius 1 is 1.26 bits per heavy atom. The number of thiocarbonyl (C=S) groups is 1. The first-order chi connectivity index (χ1) is 16.7. The quantitative estimate of drug-likeness (QED) is 0.480. The predicted octanol–water partition coefficient (Wildman–Crippen LogP) is 2.92. The van der Waals surface area contributed by atoms with Gasteiger partial charge >= 0.3 is 0 Å². The molecule has 35 heavy (non-hydrogen) atoms. The third-order valence-electron chi connectivity index (χ3n) is 6.58. The minimum Gasteiger partial charge on any atom is -0.379 e. The van der Waals surface area contributed by atoms with E-state index in [4.69, 9.17) is 17.0 Å². The molecule has 1 aromatic heterocycles. The maximum absolute atomic E-state index is 13.4. The van der Waals surface area contributed by atoms with Crippen LogP contribution in [-0.4, -0.2) is 78.3 Å². The van der Waals surface area contributed by atoms with Crippen LogP contribution in [0.4, 0.5) is 0 Å². The van der Waals surface area contributed by atoms with Crippen molar-refractivity contribution in [2.24, 2.45) is 0 Å². The first-order valence-electron chi connectivity index (χ1n) is 12.4. The van der Waals surface area contributed by atoms with Crippen LogP contribution in [0.1, 0.15) is 49.6 Å². The van der Waals surface area contributed by atoms with Gasteiger partial charge in [0.2, 0.25) is 15.0 Å². The average Bonchev–Trinajstić information content (AvgIpc) is 3.53. The monoisotopic (exact) mass is 519 g/mol. The zero-order valence-electron chi connectivity index (χ0n) is 20.9. The van der Waals surface area contributed by atoms with Gasteiger partial charge in [-0.25, -0.2) is 13.4 Å². The van der Waals surface area contributed by atoms with Gasteiger partial charge in [0.05, 0.1) is 37.4 Å². The Hall–Kier alpha value is -2.01. The van der Waals surface area contributed by atoms with Crippen molar-refractivity contribution in [1.82, 2.24) is 24.7 Å². The summed E-state index contributed by atoms with van der Waals surface area (Å²) in [6.45, 7) is 11.4. The van der Waals surface area contributed by atoms with Gasteiger partial charge in [-0.3, -0.25) is 4.90 Å². The third kappa shape index (κ3) is 6.81. The molecule has 0 bridgehead atoms. The Bertz CT molecular complexity index is 1120. The van der Waals surface area contributed by atoms with Gasteiger partial charge in [0.25, 0.3) is 0 Å². The Morgan fingerprint density at radius 2 is 1.97 bits per heavy atom. The summed E-state index contributed by atoms with van der Waals surface area (Å²) >= 11 is 5.77. The molecule has 1 aromatic carbocycles. The summed E-state index contributed by atoms with van der Waals surface area (Å²) in [6.07, 6.45) is 3.98. The van der Waals surface area contributed by atoms with E-state index in [1.54, 1.807) is 6.20 Å². The molecular formula is C25H37N5O3S2. The molecule has 10 heteroatoms. The molecule has 1 aliphatic carbocycles. The Kier molecular flexibility index (Phi) is 8.46. The van der Waals surface area contributed by atoms with Crippen LogP contribution in [0.15, 0.2) is 35.6 Å². The minimum absolute atomic E-state index is 0.0554. The van der Waals surface area contributed by atoms with E-state index >= 15 is 0 Å². The molecular weight excluding hydrogens is 482 g/mol. The first-order valence-corrected chi connectivity index (χ1v) is 14.5. The molecule has 1 aliphatic heterocycles. The summed E-state index contributed by atoms with van der Waals surface area (Å²) in [5.74, 6) is -0.0642. The summed E-state index contributed by atoms with van der Waals surface area (Å²) in [5.41, 5.74) is 2.62. The van der Waals surface area contributed by atoms with Crippen LogP contribution in [0.3, 0.4) is 0 Å². The Morgan fingerprint density at radius 3 is 2.63 bits per heavy atom. The highest BCUT2D eigenvalue weighted by atomic mass is 32.2. The number of hydrogen-bond donors (Lipinski definition) is 1. The van der Waals surface area contributed by atoms with Crippen molar-refractivity contribution in [2.45, 2.75) is 63.2 Å². The third-order valence-corrected chi connectivity index (χ3v) is 8.50. The number of morpholine rings is 1. The van der Waals surface area contributed by atoms with Crippen molar-refractivity contribution < 1.29 is 13.2 Å². The average molecular weight is 520 g/mol. The number of hydrogen-bond acceptors (Lipinski definition) is 6. The standard InChI is InChI=1S/C25H37N5O3S2/c1-19(2)30-23(16-26-25(30)35(31,32)18-21-7-5-4-6-20(21)3)17-29(24(34)27-22-8-9-22)11-10-28-12-14-33-15-13-28/h4-7,16,19,22H,8-15,17-18H2,1-3H3,(H,27,34). The van der Waals surface area contributed by atoms with E-state index in [1.807, 2.05) is 49.6 Å². The van der Waals surface area contributed by atoms with Crippen LogP contribution in [0.25, 0.3) is 0 Å². The van der Waals surface area contributed by atoms with Crippen LogP contribution in [0, 0.1) is 6.92 Å². The Labute approximate surface area is 214 Å². The zero-order valence-corrected chi connectivity index (χ0v) is 22.6. The fraction of sp³-hybridized carbons (Fsp3) is 0.600. The SMILES string of the molecule is Cc1ccccc1CS(=O)(=O)c1ncc(CN(CCN2CCOCC2)C(=S)NC2CC2)n1C(C)C. The molecule has 0 atom stereocenters. The molecule has 4 rings (SSSR count). The molecule has 1 N–H and O–H groups in total. The number of imidazole rings is 1. The Balaban J connectivity index is 1.55. The van der Waals surface area contributed by atoms with E-state index in [0.717, 1.165) is 74.2 Å². The molecule has 0 spiro atoms. The van der Waals surface area contributed by atoms with Crippen molar-refractivity contribution >= 4 is 27.2 Å². The maximum Gasteiger partial charge on any atom is 0.228 e. The number of rotatable bonds is 10. The van der Waals surface area contributed by atoms with Gasteiger partial charge in [-0.15, -0.1) is 0 Å². The van der Waals surface area contributed by atoms with Crippen LogP contribution in [0.5, 0.6) is 0 Å². The summed E-state index contributed by atoms with van der Waals surface area (Å²) in [6, 6.07) is 7.99. The summed E-state index contributed by atoms with van der Waals surface area (Å²) in [4.78, 5) is 8.96. The molecule has 2 fully saturated rings. The summed E-state index contributed by atoms with van der Waals surface area (Å²) < 4.78 is 34.2.